The number of nitrogens with one attached hydrogen (secondary N) is 1. The van der Waals surface area contributed by atoms with Crippen molar-refractivity contribution in [2.45, 2.75) is 19.8 Å². The molecule has 0 radical (unpaired) electrons. The molecule has 3 N–H and O–H groups in total. The molecular formula is C24H21N3O4. The molecule has 2 amide bonds. The summed E-state index contributed by atoms with van der Waals surface area (Å²) in [5.74, 6) is -2.01. The van der Waals surface area contributed by atoms with E-state index in [1.807, 2.05) is 56.3 Å². The lowest BCUT2D eigenvalue weighted by Crippen LogP contribution is -2.25. The van der Waals surface area contributed by atoms with E-state index in [9.17, 15) is 19.8 Å². The van der Waals surface area contributed by atoms with Crippen molar-refractivity contribution >= 4 is 29.4 Å². The second-order valence-corrected chi connectivity index (χ2v) is 7.48. The van der Waals surface area contributed by atoms with Crippen LogP contribution in [0.25, 0.3) is 0 Å². The number of aromatic hydroxyl groups is 2. The van der Waals surface area contributed by atoms with E-state index in [0.717, 1.165) is 34.1 Å². The summed E-state index contributed by atoms with van der Waals surface area (Å²) in [6, 6.07) is 17.1. The van der Waals surface area contributed by atoms with Gasteiger partial charge < -0.3 is 10.2 Å². The number of rotatable bonds is 4. The molecule has 0 aromatic heterocycles. The molecule has 0 spiro atoms. The van der Waals surface area contributed by atoms with Crippen molar-refractivity contribution < 1.29 is 19.8 Å². The van der Waals surface area contributed by atoms with Crippen LogP contribution in [0.4, 0.5) is 11.4 Å². The Balaban J connectivity index is 1.60. The molecule has 0 aliphatic carbocycles. The van der Waals surface area contributed by atoms with Gasteiger partial charge in [-0.1, -0.05) is 24.3 Å². The largest absolute Gasteiger partial charge is 0.508 e. The molecule has 0 saturated carbocycles. The monoisotopic (exact) mass is 415 g/mol. The van der Waals surface area contributed by atoms with Gasteiger partial charge in [0, 0.05) is 18.0 Å². The number of nitrogens with zero attached hydrogens (tertiary/aromatic N) is 2. The lowest BCUT2D eigenvalue weighted by molar-refractivity contribution is -0.117. The Kier molecular flexibility index (Phi) is 5.17. The quantitative estimate of drug-likeness (QED) is 0.444. The molecule has 1 aliphatic rings. The first-order valence-electron chi connectivity index (χ1n) is 9.72. The SMILES string of the molecule is Cc1cc(C)cc(N2C(=O)C(C=NNC(=O)c3ccc(O)cc3O)c3ccccc32)c1. The predicted octanol–water partition coefficient (Wildman–Crippen LogP) is 3.89. The molecule has 1 atom stereocenters. The second-order valence-electron chi connectivity index (χ2n) is 7.48. The number of amides is 2. The van der Waals surface area contributed by atoms with Crippen molar-refractivity contribution in [2.75, 3.05) is 4.90 Å². The number of hydrazone groups is 1. The van der Waals surface area contributed by atoms with Crippen LogP contribution in [0.1, 0.15) is 33.0 Å². The molecule has 3 aromatic rings. The van der Waals surface area contributed by atoms with Crippen LogP contribution in [0.15, 0.2) is 65.8 Å². The minimum absolute atomic E-state index is 0.0371. The Bertz CT molecular complexity index is 1200. The zero-order valence-corrected chi connectivity index (χ0v) is 17.0. The van der Waals surface area contributed by atoms with Crippen LogP contribution in [0.3, 0.4) is 0 Å². The fraction of sp³-hybridized carbons (Fsp3) is 0.125. The van der Waals surface area contributed by atoms with Crippen molar-refractivity contribution in [2.24, 2.45) is 5.10 Å². The van der Waals surface area contributed by atoms with Crippen molar-refractivity contribution in [3.05, 3.63) is 82.9 Å². The van der Waals surface area contributed by atoms with Gasteiger partial charge >= 0.3 is 0 Å². The topological polar surface area (TPSA) is 102 Å². The number of benzene rings is 3. The molecule has 1 aliphatic heterocycles. The van der Waals surface area contributed by atoms with E-state index in [2.05, 4.69) is 10.5 Å². The lowest BCUT2D eigenvalue weighted by Gasteiger charge is -2.19. The second kappa shape index (κ2) is 7.95. The first kappa shape index (κ1) is 20.2. The Morgan fingerprint density at radius 1 is 1.03 bits per heavy atom. The van der Waals surface area contributed by atoms with Crippen LogP contribution >= 0.6 is 0 Å². The Morgan fingerprint density at radius 3 is 2.45 bits per heavy atom. The molecule has 0 bridgehead atoms. The van der Waals surface area contributed by atoms with Crippen LogP contribution in [0.2, 0.25) is 0 Å². The number of aryl methyl sites for hydroxylation is 2. The standard InChI is InChI=1S/C24H21N3O4/c1-14-9-15(2)11-16(10-14)27-21-6-4-3-5-18(21)20(24(27)31)13-25-26-23(30)19-8-7-17(28)12-22(19)29/h3-13,20,28-29H,1-2H3,(H,26,30). The van der Waals surface area contributed by atoms with Crippen LogP contribution in [0.5, 0.6) is 11.5 Å². The molecule has 7 heteroatoms. The number of anilines is 2. The van der Waals surface area contributed by atoms with E-state index in [4.69, 9.17) is 0 Å². The first-order valence-corrected chi connectivity index (χ1v) is 9.72. The van der Waals surface area contributed by atoms with E-state index in [-0.39, 0.29) is 23.0 Å². The van der Waals surface area contributed by atoms with Gasteiger partial charge in [0.05, 0.1) is 11.3 Å². The van der Waals surface area contributed by atoms with Crippen LogP contribution < -0.4 is 10.3 Å². The van der Waals surface area contributed by atoms with Crippen molar-refractivity contribution in [1.29, 1.82) is 0 Å². The van der Waals surface area contributed by atoms with Gasteiger partial charge in [0.15, 0.2) is 0 Å². The molecule has 156 valence electrons. The van der Waals surface area contributed by atoms with Gasteiger partial charge in [0.2, 0.25) is 5.91 Å². The normalized spacial score (nSPS) is 15.4. The maximum Gasteiger partial charge on any atom is 0.275 e. The maximum atomic E-state index is 13.3. The molecule has 0 fully saturated rings. The number of phenols is 2. The number of fused-ring (bicyclic) bond motifs is 1. The first-order chi connectivity index (χ1) is 14.8. The van der Waals surface area contributed by atoms with E-state index in [1.54, 1.807) is 4.90 Å². The third kappa shape index (κ3) is 3.85. The number of carbonyl (C=O) groups excluding carboxylic acids is 2. The highest BCUT2D eigenvalue weighted by Crippen LogP contribution is 2.41. The fourth-order valence-electron chi connectivity index (χ4n) is 3.78. The number of hydrogen-bond donors (Lipinski definition) is 3. The molecule has 0 saturated heterocycles. The van der Waals surface area contributed by atoms with Crippen molar-refractivity contribution in [3.63, 3.8) is 0 Å². The summed E-state index contributed by atoms with van der Waals surface area (Å²) in [7, 11) is 0. The predicted molar refractivity (Wildman–Crippen MR) is 118 cm³/mol. The molecule has 3 aromatic carbocycles. The summed E-state index contributed by atoms with van der Waals surface area (Å²) in [5.41, 5.74) is 6.74. The zero-order chi connectivity index (χ0) is 22.1. The summed E-state index contributed by atoms with van der Waals surface area (Å²) in [6.07, 6.45) is 1.39. The van der Waals surface area contributed by atoms with E-state index >= 15 is 0 Å². The maximum absolute atomic E-state index is 13.3. The summed E-state index contributed by atoms with van der Waals surface area (Å²) < 4.78 is 0. The van der Waals surface area contributed by atoms with Gasteiger partial charge in [-0.25, -0.2) is 5.43 Å². The smallest absolute Gasteiger partial charge is 0.275 e. The highest BCUT2D eigenvalue weighted by molar-refractivity contribution is 6.17. The van der Waals surface area contributed by atoms with E-state index < -0.39 is 11.8 Å². The fourth-order valence-corrected chi connectivity index (χ4v) is 3.78. The van der Waals surface area contributed by atoms with Gasteiger partial charge in [-0.05, 0) is 60.9 Å². The third-order valence-electron chi connectivity index (χ3n) is 5.08. The van der Waals surface area contributed by atoms with E-state index in [0.29, 0.717) is 0 Å². The summed E-state index contributed by atoms with van der Waals surface area (Å²) >= 11 is 0. The minimum atomic E-state index is -0.661. The van der Waals surface area contributed by atoms with Gasteiger partial charge in [0.25, 0.3) is 5.91 Å². The summed E-state index contributed by atoms with van der Waals surface area (Å²) in [4.78, 5) is 27.2. The Morgan fingerprint density at radius 2 is 1.74 bits per heavy atom. The molecule has 31 heavy (non-hydrogen) atoms. The van der Waals surface area contributed by atoms with Crippen molar-refractivity contribution in [3.8, 4) is 11.5 Å². The van der Waals surface area contributed by atoms with Crippen LogP contribution in [0, 0.1) is 13.8 Å². The lowest BCUT2D eigenvalue weighted by atomic mass is 10.0. The van der Waals surface area contributed by atoms with Crippen LogP contribution in [-0.4, -0.2) is 28.2 Å². The average Bonchev–Trinajstić information content (AvgIpc) is 2.99. The molecule has 7 nitrogen and oxygen atoms in total. The van der Waals surface area contributed by atoms with Crippen LogP contribution in [-0.2, 0) is 4.79 Å². The molecule has 4 rings (SSSR count). The highest BCUT2D eigenvalue weighted by Gasteiger charge is 2.37. The van der Waals surface area contributed by atoms with Gasteiger partial charge in [-0.15, -0.1) is 0 Å². The highest BCUT2D eigenvalue weighted by atomic mass is 16.3. The number of carbonyl (C=O) groups is 2. The Labute approximate surface area is 179 Å². The minimum Gasteiger partial charge on any atom is -0.508 e. The number of para-hydroxylation sites is 1. The molecular weight excluding hydrogens is 394 g/mol. The van der Waals surface area contributed by atoms with Gasteiger partial charge in [0.1, 0.15) is 17.4 Å². The average molecular weight is 415 g/mol. The number of phenolic OH excluding ortho intramolecular Hbond substituents is 2. The van der Waals surface area contributed by atoms with Gasteiger partial charge in [-0.3, -0.25) is 14.5 Å². The summed E-state index contributed by atoms with van der Waals surface area (Å²) in [5, 5.41) is 23.1. The summed E-state index contributed by atoms with van der Waals surface area (Å²) in [6.45, 7) is 3.96. The third-order valence-corrected chi connectivity index (χ3v) is 5.08. The van der Waals surface area contributed by atoms with Gasteiger partial charge in [-0.2, -0.15) is 5.10 Å². The Hall–Kier alpha value is -4.13. The number of hydrogen-bond acceptors (Lipinski definition) is 5. The van der Waals surface area contributed by atoms with Crippen molar-refractivity contribution in [1.82, 2.24) is 5.43 Å². The molecule has 1 unspecified atom stereocenters. The molecule has 1 heterocycles. The zero-order valence-electron chi connectivity index (χ0n) is 17.0. The van der Waals surface area contributed by atoms with E-state index in [1.165, 1.54) is 18.3 Å².